The van der Waals surface area contributed by atoms with E-state index >= 15 is 0 Å². The van der Waals surface area contributed by atoms with Crippen LogP contribution in [-0.4, -0.2) is 142 Å². The molecule has 0 spiro atoms. The maximum absolute atomic E-state index is 13.0. The Labute approximate surface area is 405 Å². The molecular formula is C53H86O15. The number of hydrogen-bond donors (Lipinski definition) is 7. The van der Waals surface area contributed by atoms with E-state index in [4.69, 9.17) is 28.4 Å². The van der Waals surface area contributed by atoms with Crippen LogP contribution >= 0.6 is 0 Å². The summed E-state index contributed by atoms with van der Waals surface area (Å²) in [5.41, 5.74) is 0. The Hall–Kier alpha value is -3.32. The van der Waals surface area contributed by atoms with Gasteiger partial charge in [0.25, 0.3) is 0 Å². The van der Waals surface area contributed by atoms with Crippen LogP contribution in [0.3, 0.4) is 0 Å². The van der Waals surface area contributed by atoms with Crippen LogP contribution in [-0.2, 0) is 38.0 Å². The highest BCUT2D eigenvalue weighted by Gasteiger charge is 2.47. The number of allylic oxidation sites excluding steroid dienone is 14. The van der Waals surface area contributed by atoms with Crippen molar-refractivity contribution in [1.29, 1.82) is 0 Å². The summed E-state index contributed by atoms with van der Waals surface area (Å²) in [6.45, 7) is 2.34. The number of ether oxygens (including phenoxy) is 6. The number of hydrogen-bond acceptors (Lipinski definition) is 15. The van der Waals surface area contributed by atoms with Crippen LogP contribution in [0.5, 0.6) is 0 Å². The van der Waals surface area contributed by atoms with Crippen molar-refractivity contribution in [2.45, 2.75) is 210 Å². The third-order valence-electron chi connectivity index (χ3n) is 11.4. The Morgan fingerprint density at radius 3 is 1.50 bits per heavy atom. The molecule has 2 aliphatic heterocycles. The minimum Gasteiger partial charge on any atom is -0.462 e. The van der Waals surface area contributed by atoms with Crippen molar-refractivity contribution in [3.05, 3.63) is 85.1 Å². The molecule has 2 rings (SSSR count). The van der Waals surface area contributed by atoms with Crippen molar-refractivity contribution in [2.75, 3.05) is 26.4 Å². The lowest BCUT2D eigenvalue weighted by Crippen LogP contribution is -2.61. The predicted molar refractivity (Wildman–Crippen MR) is 261 cm³/mol. The molecule has 2 fully saturated rings. The van der Waals surface area contributed by atoms with E-state index in [2.05, 4.69) is 92.8 Å². The standard InChI is InChI=1S/C53H86O15/c1-3-5-7-9-11-13-15-17-19-20-22-23-25-27-29-31-33-35-44(55)63-38-41(66-45(56)36-34-32-30-28-26-24-21-18-16-14-12-10-8-6-4-2)39-64-52-51(62)49(60)47(58)43(68-52)40-65-53-50(61)48(59)46(57)42(37-54)67-53/h6,8,12,14,17-19,21-23,26-29,41-43,46-54,57-62H,3-5,7,9-11,13,15-16,20,24-25,30-40H2,1-2H3/b8-6+,14-12+,19-17+,21-18+,23-22+,28-26+,29-27+/t41-,42+,43+,46-,47-,48?,49?,50?,51?,52+,53+/m0/s1. The number of carbonyl (C=O) groups excluding carboxylic acids is 2. The highest BCUT2D eigenvalue weighted by molar-refractivity contribution is 5.70. The van der Waals surface area contributed by atoms with E-state index in [0.29, 0.717) is 19.3 Å². The molecule has 0 saturated carbocycles. The Bertz CT molecular complexity index is 1510. The second kappa shape index (κ2) is 39.4. The van der Waals surface area contributed by atoms with Crippen LogP contribution < -0.4 is 0 Å². The van der Waals surface area contributed by atoms with Crippen molar-refractivity contribution in [2.24, 2.45) is 0 Å². The molecule has 15 nitrogen and oxygen atoms in total. The summed E-state index contributed by atoms with van der Waals surface area (Å²) in [6, 6.07) is 0. The molecule has 0 bridgehead atoms. The quantitative estimate of drug-likeness (QED) is 0.0193. The molecule has 0 amide bonds. The monoisotopic (exact) mass is 963 g/mol. The summed E-state index contributed by atoms with van der Waals surface area (Å²) >= 11 is 0. The molecule has 68 heavy (non-hydrogen) atoms. The molecule has 15 heteroatoms. The fraction of sp³-hybridized carbons (Fsp3) is 0.698. The highest BCUT2D eigenvalue weighted by atomic mass is 16.7. The van der Waals surface area contributed by atoms with Gasteiger partial charge in [0, 0.05) is 12.8 Å². The van der Waals surface area contributed by atoms with Crippen molar-refractivity contribution >= 4 is 11.9 Å². The van der Waals surface area contributed by atoms with Gasteiger partial charge in [-0.1, -0.05) is 131 Å². The van der Waals surface area contributed by atoms with Crippen LogP contribution in [0.4, 0.5) is 0 Å². The van der Waals surface area contributed by atoms with Gasteiger partial charge in [-0.05, 0) is 83.5 Å². The fourth-order valence-electron chi connectivity index (χ4n) is 7.22. The Morgan fingerprint density at radius 2 is 0.941 bits per heavy atom. The normalized spacial score (nSPS) is 26.5. The van der Waals surface area contributed by atoms with E-state index in [1.54, 1.807) is 0 Å². The van der Waals surface area contributed by atoms with Gasteiger partial charge in [0.15, 0.2) is 18.7 Å². The van der Waals surface area contributed by atoms with Gasteiger partial charge in [-0.2, -0.15) is 0 Å². The lowest BCUT2D eigenvalue weighted by molar-refractivity contribution is -0.332. The van der Waals surface area contributed by atoms with Gasteiger partial charge < -0.3 is 64.2 Å². The molecule has 11 atom stereocenters. The number of rotatable bonds is 37. The topological polar surface area (TPSA) is 231 Å². The van der Waals surface area contributed by atoms with E-state index in [1.807, 2.05) is 6.08 Å². The highest BCUT2D eigenvalue weighted by Crippen LogP contribution is 2.26. The van der Waals surface area contributed by atoms with Gasteiger partial charge in [0.1, 0.15) is 55.4 Å². The molecule has 2 heterocycles. The maximum Gasteiger partial charge on any atom is 0.306 e. The summed E-state index contributed by atoms with van der Waals surface area (Å²) in [6.07, 6.45) is 30.5. The fourth-order valence-corrected chi connectivity index (χ4v) is 7.22. The summed E-state index contributed by atoms with van der Waals surface area (Å²) in [4.78, 5) is 25.7. The van der Waals surface area contributed by atoms with Gasteiger partial charge in [0.2, 0.25) is 0 Å². The zero-order chi connectivity index (χ0) is 49.6. The molecule has 388 valence electrons. The van der Waals surface area contributed by atoms with E-state index in [9.17, 15) is 45.3 Å². The van der Waals surface area contributed by atoms with Crippen molar-refractivity contribution in [3.63, 3.8) is 0 Å². The molecule has 0 aliphatic carbocycles. The molecule has 4 unspecified atom stereocenters. The lowest BCUT2D eigenvalue weighted by Gasteiger charge is -2.42. The van der Waals surface area contributed by atoms with Crippen molar-refractivity contribution in [3.8, 4) is 0 Å². The first kappa shape index (κ1) is 60.8. The number of esters is 2. The zero-order valence-electron chi connectivity index (χ0n) is 40.8. The van der Waals surface area contributed by atoms with E-state index in [-0.39, 0.29) is 19.4 Å². The van der Waals surface area contributed by atoms with Gasteiger partial charge in [-0.25, -0.2) is 0 Å². The third kappa shape index (κ3) is 27.2. The van der Waals surface area contributed by atoms with Gasteiger partial charge in [-0.15, -0.1) is 0 Å². The first-order valence-corrected chi connectivity index (χ1v) is 25.2. The van der Waals surface area contributed by atoms with Crippen LogP contribution in [0.2, 0.25) is 0 Å². The molecule has 2 aliphatic rings. The molecule has 7 N–H and O–H groups in total. The van der Waals surface area contributed by atoms with Gasteiger partial charge in [0.05, 0.1) is 19.8 Å². The molecule has 0 aromatic carbocycles. The van der Waals surface area contributed by atoms with E-state index in [1.165, 1.54) is 38.5 Å². The smallest absolute Gasteiger partial charge is 0.306 e. The molecular weight excluding hydrogens is 877 g/mol. The average Bonchev–Trinajstić information content (AvgIpc) is 3.33. The average molecular weight is 963 g/mol. The van der Waals surface area contributed by atoms with Crippen LogP contribution in [0.1, 0.15) is 142 Å². The summed E-state index contributed by atoms with van der Waals surface area (Å²) in [5, 5.41) is 72.0. The van der Waals surface area contributed by atoms with Gasteiger partial charge in [-0.3, -0.25) is 9.59 Å². The number of aliphatic hydroxyl groups excluding tert-OH is 7. The lowest BCUT2D eigenvalue weighted by atomic mass is 9.98. The molecule has 2 saturated heterocycles. The summed E-state index contributed by atoms with van der Waals surface area (Å²) in [7, 11) is 0. The Kier molecular flexibility index (Phi) is 35.2. The minimum atomic E-state index is -1.78. The van der Waals surface area contributed by atoms with Crippen LogP contribution in [0.25, 0.3) is 0 Å². The Balaban J connectivity index is 1.87. The maximum atomic E-state index is 13.0. The largest absolute Gasteiger partial charge is 0.462 e. The van der Waals surface area contributed by atoms with Crippen molar-refractivity contribution < 1.29 is 73.8 Å². The van der Waals surface area contributed by atoms with E-state index in [0.717, 1.165) is 57.8 Å². The van der Waals surface area contributed by atoms with Crippen molar-refractivity contribution in [1.82, 2.24) is 0 Å². The second-order valence-electron chi connectivity index (χ2n) is 17.3. The van der Waals surface area contributed by atoms with Crippen LogP contribution in [0, 0.1) is 0 Å². The number of carbonyl (C=O) groups is 2. The predicted octanol–water partition coefficient (Wildman–Crippen LogP) is 6.82. The second-order valence-corrected chi connectivity index (χ2v) is 17.3. The molecule has 0 radical (unpaired) electrons. The summed E-state index contributed by atoms with van der Waals surface area (Å²) in [5.74, 6) is -1.04. The molecule has 0 aromatic heterocycles. The van der Waals surface area contributed by atoms with E-state index < -0.39 is 99.3 Å². The van der Waals surface area contributed by atoms with Gasteiger partial charge >= 0.3 is 11.9 Å². The Morgan fingerprint density at radius 1 is 0.485 bits per heavy atom. The minimum absolute atomic E-state index is 0.0975. The zero-order valence-corrected chi connectivity index (χ0v) is 40.8. The third-order valence-corrected chi connectivity index (χ3v) is 11.4. The molecule has 0 aromatic rings. The number of aliphatic hydroxyl groups is 7. The van der Waals surface area contributed by atoms with Crippen LogP contribution in [0.15, 0.2) is 85.1 Å². The summed E-state index contributed by atoms with van der Waals surface area (Å²) < 4.78 is 33.4. The number of unbranched alkanes of at least 4 members (excludes halogenated alkanes) is 9. The first-order chi connectivity index (χ1) is 33.0. The SMILES string of the molecule is CC/C=C/C/C=C/C/C=C/C/C=C/CCCCC(=O)O[C@@H](COC(=O)CCC/C=C/C/C=C/C/C=C/CCCCCCCC)CO[C@@H]1O[C@H](CO[C@@H]2O[C@H](CO)[C@H](O)C(O)C2O)[C@H](O)C(O)C1O. The first-order valence-electron chi connectivity index (χ1n) is 25.2.